The van der Waals surface area contributed by atoms with Crippen LogP contribution in [0, 0.1) is 5.92 Å². The lowest BCUT2D eigenvalue weighted by Gasteiger charge is -2.06. The average molecular weight is 261 g/mol. The summed E-state index contributed by atoms with van der Waals surface area (Å²) in [7, 11) is 0. The van der Waals surface area contributed by atoms with Gasteiger partial charge in [0.1, 0.15) is 4.99 Å². The summed E-state index contributed by atoms with van der Waals surface area (Å²) in [5, 5.41) is 3.22. The second kappa shape index (κ2) is 5.98. The van der Waals surface area contributed by atoms with E-state index in [4.69, 9.17) is 23.7 Å². The normalized spacial score (nSPS) is 15.5. The fourth-order valence-corrected chi connectivity index (χ4v) is 1.89. The lowest BCUT2D eigenvalue weighted by Crippen LogP contribution is -2.22. The molecule has 1 aliphatic rings. The Morgan fingerprint density at radius 3 is 2.56 bits per heavy atom. The molecule has 0 atom stereocenters. The van der Waals surface area contributed by atoms with Crippen LogP contribution in [-0.4, -0.2) is 11.5 Å². The van der Waals surface area contributed by atoms with Gasteiger partial charge in [-0.3, -0.25) is 0 Å². The zero-order valence-electron chi connectivity index (χ0n) is 10.4. The average Bonchev–Trinajstić information content (AvgIpc) is 3.20. The quantitative estimate of drug-likeness (QED) is 0.558. The topological polar surface area (TPSA) is 64.1 Å². The van der Waals surface area contributed by atoms with Crippen LogP contribution < -0.4 is 16.8 Å². The summed E-state index contributed by atoms with van der Waals surface area (Å²) in [4.78, 5) is 0.710. The lowest BCUT2D eigenvalue weighted by molar-refractivity contribution is 0.780. The van der Waals surface area contributed by atoms with Gasteiger partial charge in [0.05, 0.1) is 0 Å². The second-order valence-electron chi connectivity index (χ2n) is 4.69. The minimum absolute atomic E-state index is 0.547. The molecule has 0 spiro atoms. The number of thiocarbonyl (C=S) groups is 1. The number of nitrogens with one attached hydrogen (secondary N) is 1. The fraction of sp³-hybridized carbons (Fsp3) is 0.357. The van der Waals surface area contributed by atoms with Gasteiger partial charge in [0.2, 0.25) is 0 Å². The van der Waals surface area contributed by atoms with E-state index in [0.717, 1.165) is 23.6 Å². The number of nitrogens with two attached hydrogens (primary N) is 2. The van der Waals surface area contributed by atoms with Crippen molar-refractivity contribution in [2.45, 2.75) is 19.4 Å². The molecule has 1 aromatic rings. The van der Waals surface area contributed by atoms with Crippen LogP contribution in [0.1, 0.15) is 24.0 Å². The summed E-state index contributed by atoms with van der Waals surface area (Å²) in [6.07, 6.45) is 4.44. The first-order chi connectivity index (χ1) is 8.69. The Morgan fingerprint density at radius 2 is 2.00 bits per heavy atom. The van der Waals surface area contributed by atoms with E-state index in [2.05, 4.69) is 5.32 Å². The minimum atomic E-state index is 0.547. The Labute approximate surface area is 113 Å². The van der Waals surface area contributed by atoms with Crippen molar-refractivity contribution in [1.82, 2.24) is 5.32 Å². The van der Waals surface area contributed by atoms with Gasteiger partial charge in [0, 0.05) is 18.8 Å². The van der Waals surface area contributed by atoms with E-state index < -0.39 is 0 Å². The summed E-state index contributed by atoms with van der Waals surface area (Å²) in [6.45, 7) is 1.51. The van der Waals surface area contributed by atoms with Gasteiger partial charge in [-0.1, -0.05) is 36.5 Å². The molecule has 0 aromatic heterocycles. The highest BCUT2D eigenvalue weighted by atomic mass is 32.1. The Balaban J connectivity index is 1.94. The van der Waals surface area contributed by atoms with Crippen molar-refractivity contribution in [3.63, 3.8) is 0 Å². The molecule has 0 bridgehead atoms. The fourth-order valence-electron chi connectivity index (χ4n) is 1.68. The largest absolute Gasteiger partial charge is 0.398 e. The third-order valence-corrected chi connectivity index (χ3v) is 3.33. The van der Waals surface area contributed by atoms with Crippen LogP contribution in [0.4, 0.5) is 0 Å². The van der Waals surface area contributed by atoms with Gasteiger partial charge in [-0.05, 0) is 36.0 Å². The monoisotopic (exact) mass is 261 g/mol. The van der Waals surface area contributed by atoms with Crippen LogP contribution in [0.2, 0.25) is 0 Å². The lowest BCUT2D eigenvalue weighted by atomic mass is 10.1. The zero-order chi connectivity index (χ0) is 13.0. The van der Waals surface area contributed by atoms with Gasteiger partial charge >= 0.3 is 0 Å². The van der Waals surface area contributed by atoms with Crippen molar-refractivity contribution in [3.05, 3.63) is 41.5 Å². The standard InChI is InChI=1S/C14H19N3S/c15-8-10-3-5-12(6-4-10)13(16)7-14(18)17-9-11-1-2-11/h3-7,11H,1-2,8-9,15-16H2,(H,17,18). The molecule has 1 saturated carbocycles. The summed E-state index contributed by atoms with van der Waals surface area (Å²) in [6, 6.07) is 7.91. The van der Waals surface area contributed by atoms with E-state index in [1.807, 2.05) is 30.3 Å². The summed E-state index contributed by atoms with van der Waals surface area (Å²) in [5.41, 5.74) is 14.3. The van der Waals surface area contributed by atoms with Crippen molar-refractivity contribution in [3.8, 4) is 0 Å². The first kappa shape index (κ1) is 13.1. The molecular weight excluding hydrogens is 242 g/mol. The Kier molecular flexibility index (Phi) is 4.33. The van der Waals surface area contributed by atoms with Crippen LogP contribution in [0.15, 0.2) is 30.3 Å². The van der Waals surface area contributed by atoms with Gasteiger partial charge < -0.3 is 16.8 Å². The van der Waals surface area contributed by atoms with E-state index in [0.29, 0.717) is 17.2 Å². The maximum atomic E-state index is 6.01. The van der Waals surface area contributed by atoms with E-state index in [-0.39, 0.29) is 0 Å². The Bertz CT molecular complexity index is 447. The van der Waals surface area contributed by atoms with Crippen LogP contribution in [0.25, 0.3) is 5.70 Å². The highest BCUT2D eigenvalue weighted by molar-refractivity contribution is 7.80. The van der Waals surface area contributed by atoms with Crippen molar-refractivity contribution in [1.29, 1.82) is 0 Å². The molecule has 0 saturated heterocycles. The molecule has 2 rings (SSSR count). The molecule has 96 valence electrons. The predicted molar refractivity (Wildman–Crippen MR) is 79.8 cm³/mol. The molecule has 0 unspecified atom stereocenters. The van der Waals surface area contributed by atoms with Crippen molar-refractivity contribution >= 4 is 22.9 Å². The van der Waals surface area contributed by atoms with Crippen LogP contribution in [-0.2, 0) is 6.54 Å². The van der Waals surface area contributed by atoms with Crippen LogP contribution >= 0.6 is 12.2 Å². The molecular formula is C14H19N3S. The van der Waals surface area contributed by atoms with Crippen molar-refractivity contribution in [2.24, 2.45) is 17.4 Å². The molecule has 0 aliphatic heterocycles. The molecule has 18 heavy (non-hydrogen) atoms. The van der Waals surface area contributed by atoms with E-state index in [1.165, 1.54) is 12.8 Å². The minimum Gasteiger partial charge on any atom is -0.398 e. The van der Waals surface area contributed by atoms with Crippen molar-refractivity contribution in [2.75, 3.05) is 6.54 Å². The molecule has 1 aliphatic carbocycles. The number of benzene rings is 1. The third kappa shape index (κ3) is 3.82. The van der Waals surface area contributed by atoms with Gasteiger partial charge in [0.25, 0.3) is 0 Å². The van der Waals surface area contributed by atoms with Gasteiger partial charge in [0.15, 0.2) is 0 Å². The van der Waals surface area contributed by atoms with E-state index in [1.54, 1.807) is 0 Å². The highest BCUT2D eigenvalue weighted by Crippen LogP contribution is 2.27. The molecule has 0 amide bonds. The van der Waals surface area contributed by atoms with Gasteiger partial charge in [-0.25, -0.2) is 0 Å². The van der Waals surface area contributed by atoms with Crippen molar-refractivity contribution < 1.29 is 0 Å². The summed E-state index contributed by atoms with van der Waals surface area (Å²) in [5.74, 6) is 0.807. The first-order valence-corrected chi connectivity index (χ1v) is 6.64. The van der Waals surface area contributed by atoms with E-state index in [9.17, 15) is 0 Å². The summed E-state index contributed by atoms with van der Waals surface area (Å²) < 4.78 is 0. The highest BCUT2D eigenvalue weighted by Gasteiger charge is 2.20. The smallest absolute Gasteiger partial charge is 0.101 e. The maximum Gasteiger partial charge on any atom is 0.101 e. The zero-order valence-corrected chi connectivity index (χ0v) is 11.2. The maximum absolute atomic E-state index is 6.01. The Hall–Kier alpha value is -1.39. The number of hydrogen-bond acceptors (Lipinski definition) is 3. The second-order valence-corrected chi connectivity index (χ2v) is 5.13. The Morgan fingerprint density at radius 1 is 1.33 bits per heavy atom. The molecule has 0 radical (unpaired) electrons. The predicted octanol–water partition coefficient (Wildman–Crippen LogP) is 1.77. The van der Waals surface area contributed by atoms with Crippen LogP contribution in [0.3, 0.4) is 0 Å². The van der Waals surface area contributed by atoms with Gasteiger partial charge in [-0.2, -0.15) is 0 Å². The van der Waals surface area contributed by atoms with Crippen LogP contribution in [0.5, 0.6) is 0 Å². The number of hydrogen-bond donors (Lipinski definition) is 3. The molecule has 3 nitrogen and oxygen atoms in total. The third-order valence-electron chi connectivity index (χ3n) is 3.07. The molecule has 1 fully saturated rings. The van der Waals surface area contributed by atoms with E-state index >= 15 is 0 Å². The SMILES string of the molecule is NCc1ccc(C(N)=CC(=S)NCC2CC2)cc1. The molecule has 1 aromatic carbocycles. The molecule has 5 N–H and O–H groups in total. The summed E-state index contributed by atoms with van der Waals surface area (Å²) >= 11 is 5.24. The van der Waals surface area contributed by atoms with Gasteiger partial charge in [-0.15, -0.1) is 0 Å². The molecule has 0 heterocycles. The molecule has 4 heteroatoms. The first-order valence-electron chi connectivity index (χ1n) is 6.23. The number of rotatable bonds is 5.